The molecule has 1 aromatic heterocycles. The molecule has 0 saturated carbocycles. The maximum atomic E-state index is 5.12. The van der Waals surface area contributed by atoms with Crippen LogP contribution in [0, 0.1) is 6.92 Å². The van der Waals surface area contributed by atoms with Gasteiger partial charge in [0.2, 0.25) is 0 Å². The quantitative estimate of drug-likeness (QED) is 0.707. The SMILES string of the molecule is COc1cc(C)cnc1CBr. The zero-order valence-corrected chi connectivity index (χ0v) is 8.18. The topological polar surface area (TPSA) is 22.1 Å². The minimum absolute atomic E-state index is 0.733. The second-order valence-electron chi connectivity index (χ2n) is 2.30. The smallest absolute Gasteiger partial charge is 0.141 e. The van der Waals surface area contributed by atoms with Crippen LogP contribution in [-0.4, -0.2) is 12.1 Å². The lowest BCUT2D eigenvalue weighted by molar-refractivity contribution is 0.408. The number of ether oxygens (including phenoxy) is 1. The van der Waals surface area contributed by atoms with E-state index in [1.54, 1.807) is 7.11 Å². The number of halogens is 1. The lowest BCUT2D eigenvalue weighted by Crippen LogP contribution is -1.93. The van der Waals surface area contributed by atoms with Gasteiger partial charge in [-0.25, -0.2) is 0 Å². The number of hydrogen-bond acceptors (Lipinski definition) is 2. The van der Waals surface area contributed by atoms with Crippen molar-refractivity contribution in [3.63, 3.8) is 0 Å². The highest BCUT2D eigenvalue weighted by atomic mass is 79.9. The number of alkyl halides is 1. The summed E-state index contributed by atoms with van der Waals surface area (Å²) in [5, 5.41) is 0.733. The molecule has 0 aliphatic rings. The van der Waals surface area contributed by atoms with E-state index in [0.29, 0.717) is 0 Å². The van der Waals surface area contributed by atoms with Crippen LogP contribution in [0.5, 0.6) is 5.75 Å². The van der Waals surface area contributed by atoms with Gasteiger partial charge in [-0.05, 0) is 18.6 Å². The molecular weight excluding hydrogens is 206 g/mol. The third-order valence-corrected chi connectivity index (χ3v) is 1.94. The van der Waals surface area contributed by atoms with E-state index in [2.05, 4.69) is 20.9 Å². The Morgan fingerprint density at radius 2 is 2.36 bits per heavy atom. The van der Waals surface area contributed by atoms with Crippen molar-refractivity contribution in [2.45, 2.75) is 12.3 Å². The molecule has 0 bridgehead atoms. The summed E-state index contributed by atoms with van der Waals surface area (Å²) in [7, 11) is 1.66. The highest BCUT2D eigenvalue weighted by molar-refractivity contribution is 9.08. The number of methoxy groups -OCH3 is 1. The van der Waals surface area contributed by atoms with Gasteiger partial charge < -0.3 is 4.74 Å². The molecule has 11 heavy (non-hydrogen) atoms. The van der Waals surface area contributed by atoms with Crippen molar-refractivity contribution in [3.05, 3.63) is 23.5 Å². The van der Waals surface area contributed by atoms with Crippen molar-refractivity contribution >= 4 is 15.9 Å². The fraction of sp³-hybridized carbons (Fsp3) is 0.375. The van der Waals surface area contributed by atoms with Gasteiger partial charge in [-0.2, -0.15) is 0 Å². The minimum atomic E-state index is 0.733. The van der Waals surface area contributed by atoms with Crippen molar-refractivity contribution in [1.29, 1.82) is 0 Å². The predicted octanol–water partition coefficient (Wildman–Crippen LogP) is 2.29. The maximum Gasteiger partial charge on any atom is 0.141 e. The number of pyridine rings is 1. The first-order chi connectivity index (χ1) is 5.27. The van der Waals surface area contributed by atoms with Gasteiger partial charge in [0.15, 0.2) is 0 Å². The molecule has 0 saturated heterocycles. The lowest BCUT2D eigenvalue weighted by Gasteiger charge is -2.04. The Labute approximate surface area is 74.7 Å². The van der Waals surface area contributed by atoms with E-state index >= 15 is 0 Å². The fourth-order valence-electron chi connectivity index (χ4n) is 0.848. The molecule has 0 atom stereocenters. The van der Waals surface area contributed by atoms with E-state index in [9.17, 15) is 0 Å². The van der Waals surface area contributed by atoms with Gasteiger partial charge in [-0.3, -0.25) is 4.98 Å². The summed E-state index contributed by atoms with van der Waals surface area (Å²) in [6.07, 6.45) is 1.83. The van der Waals surface area contributed by atoms with Crippen LogP contribution in [-0.2, 0) is 5.33 Å². The lowest BCUT2D eigenvalue weighted by atomic mass is 10.2. The first-order valence-corrected chi connectivity index (χ1v) is 4.45. The average Bonchev–Trinajstić information content (AvgIpc) is 2.04. The second kappa shape index (κ2) is 3.72. The Balaban J connectivity index is 3.06. The van der Waals surface area contributed by atoms with Gasteiger partial charge in [-0.1, -0.05) is 15.9 Å². The molecule has 1 rings (SSSR count). The second-order valence-corrected chi connectivity index (χ2v) is 2.86. The van der Waals surface area contributed by atoms with Crippen LogP contribution in [0.25, 0.3) is 0 Å². The van der Waals surface area contributed by atoms with Crippen molar-refractivity contribution in [2.75, 3.05) is 7.11 Å². The molecular formula is C8H10BrNO. The average molecular weight is 216 g/mol. The number of nitrogens with zero attached hydrogens (tertiary/aromatic N) is 1. The van der Waals surface area contributed by atoms with Crippen molar-refractivity contribution in [3.8, 4) is 5.75 Å². The van der Waals surface area contributed by atoms with Crippen LogP contribution >= 0.6 is 15.9 Å². The third kappa shape index (κ3) is 1.93. The van der Waals surface area contributed by atoms with Gasteiger partial charge >= 0.3 is 0 Å². The molecule has 0 fully saturated rings. The van der Waals surface area contributed by atoms with E-state index < -0.39 is 0 Å². The maximum absolute atomic E-state index is 5.12. The van der Waals surface area contributed by atoms with Gasteiger partial charge in [0.25, 0.3) is 0 Å². The molecule has 0 amide bonds. The van der Waals surface area contributed by atoms with E-state index in [4.69, 9.17) is 4.74 Å². The number of aryl methyl sites for hydroxylation is 1. The van der Waals surface area contributed by atoms with Crippen molar-refractivity contribution in [1.82, 2.24) is 4.98 Å². The molecule has 2 nitrogen and oxygen atoms in total. The molecule has 1 heterocycles. The number of aromatic nitrogens is 1. The van der Waals surface area contributed by atoms with Crippen LogP contribution in [0.4, 0.5) is 0 Å². The summed E-state index contributed by atoms with van der Waals surface area (Å²) in [4.78, 5) is 4.20. The first kappa shape index (κ1) is 8.53. The molecule has 3 heteroatoms. The normalized spacial score (nSPS) is 9.73. The van der Waals surface area contributed by atoms with Gasteiger partial charge in [0.05, 0.1) is 12.8 Å². The molecule has 60 valence electrons. The summed E-state index contributed by atoms with van der Waals surface area (Å²) in [6, 6.07) is 1.98. The van der Waals surface area contributed by atoms with Gasteiger partial charge in [-0.15, -0.1) is 0 Å². The van der Waals surface area contributed by atoms with E-state index in [1.807, 2.05) is 19.2 Å². The zero-order chi connectivity index (χ0) is 8.27. The Morgan fingerprint density at radius 1 is 1.64 bits per heavy atom. The van der Waals surface area contributed by atoms with Crippen LogP contribution in [0.2, 0.25) is 0 Å². The minimum Gasteiger partial charge on any atom is -0.495 e. The molecule has 0 radical (unpaired) electrons. The summed E-state index contributed by atoms with van der Waals surface area (Å²) < 4.78 is 5.12. The van der Waals surface area contributed by atoms with Crippen LogP contribution in [0.3, 0.4) is 0 Å². The predicted molar refractivity (Wildman–Crippen MR) is 48.2 cm³/mol. The summed E-state index contributed by atoms with van der Waals surface area (Å²) in [6.45, 7) is 1.99. The summed E-state index contributed by atoms with van der Waals surface area (Å²) >= 11 is 3.33. The molecule has 0 aromatic carbocycles. The van der Waals surface area contributed by atoms with E-state index in [0.717, 1.165) is 22.3 Å². The summed E-state index contributed by atoms with van der Waals surface area (Å²) in [5.74, 6) is 0.849. The summed E-state index contributed by atoms with van der Waals surface area (Å²) in [5.41, 5.74) is 2.06. The van der Waals surface area contributed by atoms with Crippen molar-refractivity contribution < 1.29 is 4.74 Å². The van der Waals surface area contributed by atoms with E-state index in [1.165, 1.54) is 0 Å². The Morgan fingerprint density at radius 3 is 2.91 bits per heavy atom. The third-order valence-electron chi connectivity index (χ3n) is 1.41. The largest absolute Gasteiger partial charge is 0.495 e. The standard InChI is InChI=1S/C8H10BrNO/c1-6-3-8(11-2)7(4-9)10-5-6/h3,5H,4H2,1-2H3. The van der Waals surface area contributed by atoms with Gasteiger partial charge in [0, 0.05) is 11.5 Å². The molecule has 0 unspecified atom stereocenters. The Kier molecular flexibility index (Phi) is 2.88. The monoisotopic (exact) mass is 215 g/mol. The Bertz CT molecular complexity index is 250. The molecule has 0 aliphatic carbocycles. The zero-order valence-electron chi connectivity index (χ0n) is 6.60. The molecule has 0 N–H and O–H groups in total. The molecule has 0 aliphatic heterocycles. The number of rotatable bonds is 2. The molecule has 0 spiro atoms. The van der Waals surface area contributed by atoms with Crippen LogP contribution in [0.1, 0.15) is 11.3 Å². The van der Waals surface area contributed by atoms with Crippen LogP contribution < -0.4 is 4.74 Å². The van der Waals surface area contributed by atoms with Crippen molar-refractivity contribution in [2.24, 2.45) is 0 Å². The van der Waals surface area contributed by atoms with Gasteiger partial charge in [0.1, 0.15) is 5.75 Å². The fourth-order valence-corrected chi connectivity index (χ4v) is 1.27. The molecule has 1 aromatic rings. The number of hydrogen-bond donors (Lipinski definition) is 0. The van der Waals surface area contributed by atoms with E-state index in [-0.39, 0.29) is 0 Å². The Hall–Kier alpha value is -0.570. The highest BCUT2D eigenvalue weighted by Gasteiger charge is 2.01. The highest BCUT2D eigenvalue weighted by Crippen LogP contribution is 2.18. The van der Waals surface area contributed by atoms with Crippen LogP contribution in [0.15, 0.2) is 12.3 Å². The first-order valence-electron chi connectivity index (χ1n) is 3.33.